The summed E-state index contributed by atoms with van der Waals surface area (Å²) in [6.45, 7) is 4.87. The summed E-state index contributed by atoms with van der Waals surface area (Å²) in [6, 6.07) is 5.34. The molecule has 0 atom stereocenters. The Labute approximate surface area is 133 Å². The van der Waals surface area contributed by atoms with Crippen LogP contribution in [0.15, 0.2) is 24.3 Å². The van der Waals surface area contributed by atoms with Gasteiger partial charge in [0.2, 0.25) is 0 Å². The number of H-pyrrole nitrogens is 1. The van der Waals surface area contributed by atoms with Gasteiger partial charge in [0.1, 0.15) is 17.3 Å². The molecule has 0 spiro atoms. The van der Waals surface area contributed by atoms with Crippen molar-refractivity contribution in [3.05, 3.63) is 47.0 Å². The molecule has 7 heteroatoms. The SMILES string of the molecule is Cc1cc(C(=O)N(Cc2ccc(O)cc2F)CC(C)(C)O)n[nH]1. The number of rotatable bonds is 5. The van der Waals surface area contributed by atoms with Gasteiger partial charge in [0.05, 0.1) is 5.60 Å². The lowest BCUT2D eigenvalue weighted by atomic mass is 10.1. The second-order valence-electron chi connectivity index (χ2n) is 6.19. The summed E-state index contributed by atoms with van der Waals surface area (Å²) >= 11 is 0. The van der Waals surface area contributed by atoms with Crippen molar-refractivity contribution < 1.29 is 19.4 Å². The molecule has 0 fully saturated rings. The normalized spacial score (nSPS) is 11.5. The maximum atomic E-state index is 13.9. The number of benzene rings is 1. The molecule has 23 heavy (non-hydrogen) atoms. The van der Waals surface area contributed by atoms with Gasteiger partial charge in [-0.1, -0.05) is 6.07 Å². The maximum absolute atomic E-state index is 13.9. The Morgan fingerprint density at radius 3 is 2.61 bits per heavy atom. The Kier molecular flexibility index (Phi) is 4.70. The first-order chi connectivity index (χ1) is 10.7. The van der Waals surface area contributed by atoms with Crippen molar-refractivity contribution in [2.75, 3.05) is 6.54 Å². The molecule has 1 aromatic heterocycles. The first kappa shape index (κ1) is 17.0. The number of carbonyl (C=O) groups excluding carboxylic acids is 1. The highest BCUT2D eigenvalue weighted by Crippen LogP contribution is 2.19. The van der Waals surface area contributed by atoms with Gasteiger partial charge in [-0.2, -0.15) is 5.10 Å². The van der Waals surface area contributed by atoms with Crippen molar-refractivity contribution >= 4 is 5.91 Å². The Bertz CT molecular complexity index is 707. The minimum Gasteiger partial charge on any atom is -0.508 e. The van der Waals surface area contributed by atoms with Crippen LogP contribution in [0, 0.1) is 12.7 Å². The van der Waals surface area contributed by atoms with Gasteiger partial charge in [0.25, 0.3) is 5.91 Å². The van der Waals surface area contributed by atoms with Crippen LogP contribution in [-0.2, 0) is 6.54 Å². The number of aromatic hydroxyl groups is 1. The van der Waals surface area contributed by atoms with Crippen LogP contribution in [0.4, 0.5) is 4.39 Å². The topological polar surface area (TPSA) is 89.5 Å². The third-order valence-corrected chi connectivity index (χ3v) is 3.19. The molecule has 3 N–H and O–H groups in total. The Morgan fingerprint density at radius 1 is 1.39 bits per heavy atom. The van der Waals surface area contributed by atoms with E-state index in [-0.39, 0.29) is 30.1 Å². The summed E-state index contributed by atoms with van der Waals surface area (Å²) in [7, 11) is 0. The number of aromatic nitrogens is 2. The second kappa shape index (κ2) is 6.37. The lowest BCUT2D eigenvalue weighted by Crippen LogP contribution is -2.42. The number of aliphatic hydroxyl groups is 1. The van der Waals surface area contributed by atoms with Gasteiger partial charge in [0, 0.05) is 30.4 Å². The van der Waals surface area contributed by atoms with E-state index in [9.17, 15) is 19.4 Å². The fourth-order valence-corrected chi connectivity index (χ4v) is 2.23. The second-order valence-corrected chi connectivity index (χ2v) is 6.19. The number of amides is 1. The Morgan fingerprint density at radius 2 is 2.09 bits per heavy atom. The van der Waals surface area contributed by atoms with Gasteiger partial charge in [-0.25, -0.2) is 4.39 Å². The molecule has 6 nitrogen and oxygen atoms in total. The van der Waals surface area contributed by atoms with Crippen LogP contribution in [0.3, 0.4) is 0 Å². The average molecular weight is 321 g/mol. The van der Waals surface area contributed by atoms with Crippen molar-refractivity contribution in [1.29, 1.82) is 0 Å². The number of phenolic OH excluding ortho intramolecular Hbond substituents is 1. The van der Waals surface area contributed by atoms with Crippen molar-refractivity contribution in [2.24, 2.45) is 0 Å². The quantitative estimate of drug-likeness (QED) is 0.785. The van der Waals surface area contributed by atoms with E-state index in [4.69, 9.17) is 0 Å². The van der Waals surface area contributed by atoms with Crippen molar-refractivity contribution in [3.63, 3.8) is 0 Å². The van der Waals surface area contributed by atoms with Gasteiger partial charge >= 0.3 is 0 Å². The van der Waals surface area contributed by atoms with E-state index in [1.54, 1.807) is 26.8 Å². The number of phenols is 1. The zero-order valence-electron chi connectivity index (χ0n) is 13.3. The number of aromatic amines is 1. The molecule has 0 aliphatic rings. The highest BCUT2D eigenvalue weighted by molar-refractivity contribution is 5.92. The molecule has 0 unspecified atom stereocenters. The summed E-state index contributed by atoms with van der Waals surface area (Å²) < 4.78 is 13.9. The number of aryl methyl sites for hydroxylation is 1. The van der Waals surface area contributed by atoms with Gasteiger partial charge in [-0.3, -0.25) is 9.89 Å². The first-order valence-electron chi connectivity index (χ1n) is 7.17. The number of hydrogen-bond acceptors (Lipinski definition) is 4. The van der Waals surface area contributed by atoms with Crippen LogP contribution < -0.4 is 0 Å². The summed E-state index contributed by atoms with van der Waals surface area (Å²) in [5, 5.41) is 25.9. The van der Waals surface area contributed by atoms with Crippen LogP contribution in [0.2, 0.25) is 0 Å². The van der Waals surface area contributed by atoms with E-state index in [0.717, 1.165) is 11.8 Å². The maximum Gasteiger partial charge on any atom is 0.274 e. The first-order valence-corrected chi connectivity index (χ1v) is 7.17. The van der Waals surface area contributed by atoms with E-state index in [2.05, 4.69) is 10.2 Å². The fraction of sp³-hybridized carbons (Fsp3) is 0.375. The average Bonchev–Trinajstić information content (AvgIpc) is 2.85. The predicted octanol–water partition coefficient (Wildman–Crippen LogP) is 1.98. The third kappa shape index (κ3) is 4.53. The number of nitrogens with one attached hydrogen (secondary N) is 1. The van der Waals surface area contributed by atoms with Gasteiger partial charge < -0.3 is 15.1 Å². The molecule has 0 aliphatic carbocycles. The van der Waals surface area contributed by atoms with Crippen LogP contribution in [0.1, 0.15) is 35.6 Å². The standard InChI is InChI=1S/C16H20FN3O3/c1-10-6-14(19-18-10)15(22)20(9-16(2,3)23)8-11-4-5-12(21)7-13(11)17/h4-7,21,23H,8-9H2,1-3H3,(H,18,19). The molecule has 0 saturated heterocycles. The Hall–Kier alpha value is -2.41. The fourth-order valence-electron chi connectivity index (χ4n) is 2.23. The molecule has 1 heterocycles. The van der Waals surface area contributed by atoms with Crippen molar-refractivity contribution in [3.8, 4) is 5.75 Å². The Balaban J connectivity index is 2.28. The molecular formula is C16H20FN3O3. The highest BCUT2D eigenvalue weighted by Gasteiger charge is 2.26. The minimum atomic E-state index is -1.14. The monoisotopic (exact) mass is 321 g/mol. The largest absolute Gasteiger partial charge is 0.508 e. The number of nitrogens with zero attached hydrogens (tertiary/aromatic N) is 2. The number of hydrogen-bond donors (Lipinski definition) is 3. The summed E-state index contributed by atoms with van der Waals surface area (Å²) in [5.74, 6) is -1.21. The van der Waals surface area contributed by atoms with Gasteiger partial charge in [-0.05, 0) is 32.9 Å². The highest BCUT2D eigenvalue weighted by atomic mass is 19.1. The zero-order chi connectivity index (χ0) is 17.2. The molecule has 1 amide bonds. The summed E-state index contributed by atoms with van der Waals surface area (Å²) in [5.41, 5.74) is 0.0278. The number of carbonyl (C=O) groups is 1. The predicted molar refractivity (Wildman–Crippen MR) is 82.4 cm³/mol. The molecule has 2 rings (SSSR count). The van der Waals surface area contributed by atoms with Crippen molar-refractivity contribution in [1.82, 2.24) is 15.1 Å². The lowest BCUT2D eigenvalue weighted by Gasteiger charge is -2.28. The summed E-state index contributed by atoms with van der Waals surface area (Å²) in [6.07, 6.45) is 0. The van der Waals surface area contributed by atoms with E-state index < -0.39 is 17.3 Å². The molecule has 2 aromatic rings. The van der Waals surface area contributed by atoms with E-state index in [0.29, 0.717) is 0 Å². The molecule has 0 aliphatic heterocycles. The summed E-state index contributed by atoms with van der Waals surface area (Å²) in [4.78, 5) is 13.9. The molecule has 0 bridgehead atoms. The third-order valence-electron chi connectivity index (χ3n) is 3.19. The van der Waals surface area contributed by atoms with Crippen LogP contribution in [0.5, 0.6) is 5.75 Å². The lowest BCUT2D eigenvalue weighted by molar-refractivity contribution is 0.0274. The number of halogens is 1. The van der Waals surface area contributed by atoms with Crippen LogP contribution >= 0.6 is 0 Å². The van der Waals surface area contributed by atoms with E-state index in [1.165, 1.54) is 17.0 Å². The molecule has 0 radical (unpaired) electrons. The van der Waals surface area contributed by atoms with Crippen molar-refractivity contribution in [2.45, 2.75) is 32.9 Å². The minimum absolute atomic E-state index is 0.0120. The molecule has 0 saturated carbocycles. The van der Waals surface area contributed by atoms with Gasteiger partial charge in [-0.15, -0.1) is 0 Å². The molecule has 124 valence electrons. The molecular weight excluding hydrogens is 301 g/mol. The van der Waals surface area contributed by atoms with Crippen LogP contribution in [0.25, 0.3) is 0 Å². The van der Waals surface area contributed by atoms with E-state index in [1.807, 2.05) is 0 Å². The van der Waals surface area contributed by atoms with E-state index >= 15 is 0 Å². The zero-order valence-corrected chi connectivity index (χ0v) is 13.3. The van der Waals surface area contributed by atoms with Gasteiger partial charge in [0.15, 0.2) is 0 Å². The van der Waals surface area contributed by atoms with Crippen LogP contribution in [-0.4, -0.2) is 43.4 Å². The molecule has 1 aromatic carbocycles. The smallest absolute Gasteiger partial charge is 0.274 e.